The number of hydrogen-bond acceptors (Lipinski definition) is 5. The first-order valence-electron chi connectivity index (χ1n) is 11.3. The van der Waals surface area contributed by atoms with Crippen molar-refractivity contribution in [1.29, 1.82) is 0 Å². The number of pyridine rings is 1. The molecule has 0 bridgehead atoms. The van der Waals surface area contributed by atoms with Crippen molar-refractivity contribution in [2.24, 2.45) is 5.41 Å². The summed E-state index contributed by atoms with van der Waals surface area (Å²) in [5.74, 6) is -0.0811. The Kier molecular flexibility index (Phi) is 5.70. The van der Waals surface area contributed by atoms with Crippen molar-refractivity contribution in [3.63, 3.8) is 0 Å². The highest BCUT2D eigenvalue weighted by atomic mass is 32.2. The predicted octanol–water partition coefficient (Wildman–Crippen LogP) is 4.21. The molecule has 1 saturated carbocycles. The van der Waals surface area contributed by atoms with Gasteiger partial charge in [-0.1, -0.05) is 31.5 Å². The number of nitrogens with zero attached hydrogens (tertiary/aromatic N) is 3. The number of H-pyrrole nitrogens is 1. The van der Waals surface area contributed by atoms with Crippen LogP contribution in [-0.4, -0.2) is 37.8 Å². The van der Waals surface area contributed by atoms with Crippen LogP contribution in [0.15, 0.2) is 58.5 Å². The van der Waals surface area contributed by atoms with E-state index in [4.69, 9.17) is 0 Å². The first kappa shape index (κ1) is 21.7. The summed E-state index contributed by atoms with van der Waals surface area (Å²) in [5, 5.41) is 11.8. The molecule has 1 fully saturated rings. The van der Waals surface area contributed by atoms with Crippen molar-refractivity contribution in [2.75, 3.05) is 6.26 Å². The topological polar surface area (TPSA) is 92.1 Å². The Morgan fingerprint density at radius 2 is 2.06 bits per heavy atom. The van der Waals surface area contributed by atoms with E-state index in [1.807, 2.05) is 53.3 Å². The quantitative estimate of drug-likeness (QED) is 0.402. The largest absolute Gasteiger partial charge is 0.348 e. The SMILES string of the molecule is CCC1(CCc2n[nH]c(=O)c3ccccc23)CC(NC(=O)c2cnc3cc(SC)ccn23)C1. The maximum atomic E-state index is 12.9. The highest BCUT2D eigenvalue weighted by molar-refractivity contribution is 7.98. The van der Waals surface area contributed by atoms with Crippen LogP contribution in [0.2, 0.25) is 0 Å². The molecule has 0 atom stereocenters. The minimum absolute atomic E-state index is 0.0811. The van der Waals surface area contributed by atoms with Gasteiger partial charge >= 0.3 is 0 Å². The molecule has 1 amide bonds. The van der Waals surface area contributed by atoms with Gasteiger partial charge in [-0.3, -0.25) is 14.0 Å². The number of aromatic amines is 1. The van der Waals surface area contributed by atoms with E-state index in [-0.39, 0.29) is 22.9 Å². The molecule has 0 saturated heterocycles. The third-order valence-corrected chi connectivity index (χ3v) is 7.79. The molecular formula is C25H27N5O2S. The third kappa shape index (κ3) is 4.04. The zero-order chi connectivity index (χ0) is 23.0. The fraction of sp³-hybridized carbons (Fsp3) is 0.360. The molecule has 7 nitrogen and oxygen atoms in total. The van der Waals surface area contributed by atoms with Crippen LogP contribution < -0.4 is 10.9 Å². The Morgan fingerprint density at radius 3 is 2.82 bits per heavy atom. The molecule has 33 heavy (non-hydrogen) atoms. The van der Waals surface area contributed by atoms with E-state index in [9.17, 15) is 9.59 Å². The highest BCUT2D eigenvalue weighted by Gasteiger charge is 2.43. The molecule has 3 heterocycles. The molecule has 0 spiro atoms. The predicted molar refractivity (Wildman–Crippen MR) is 131 cm³/mol. The third-order valence-electron chi connectivity index (χ3n) is 7.06. The molecule has 8 heteroatoms. The van der Waals surface area contributed by atoms with E-state index in [2.05, 4.69) is 27.4 Å². The van der Waals surface area contributed by atoms with E-state index in [0.717, 1.165) is 53.7 Å². The zero-order valence-corrected chi connectivity index (χ0v) is 19.6. The summed E-state index contributed by atoms with van der Waals surface area (Å²) in [6.07, 6.45) is 10.3. The fourth-order valence-corrected chi connectivity index (χ4v) is 5.44. The number of aryl methyl sites for hydroxylation is 1. The Balaban J connectivity index is 1.24. The lowest BCUT2D eigenvalue weighted by Gasteiger charge is -2.48. The molecular weight excluding hydrogens is 434 g/mol. The summed E-state index contributed by atoms with van der Waals surface area (Å²) in [4.78, 5) is 30.5. The molecule has 5 rings (SSSR count). The fourth-order valence-electron chi connectivity index (χ4n) is 5.02. The number of rotatable bonds is 7. The zero-order valence-electron chi connectivity index (χ0n) is 18.8. The summed E-state index contributed by atoms with van der Waals surface area (Å²) in [7, 11) is 0. The van der Waals surface area contributed by atoms with Gasteiger partial charge in [-0.15, -0.1) is 11.8 Å². The Labute approximate surface area is 196 Å². The van der Waals surface area contributed by atoms with Crippen LogP contribution >= 0.6 is 11.8 Å². The molecule has 1 aromatic carbocycles. The number of aromatic nitrogens is 4. The van der Waals surface area contributed by atoms with Crippen LogP contribution in [-0.2, 0) is 6.42 Å². The van der Waals surface area contributed by atoms with Gasteiger partial charge in [0.15, 0.2) is 0 Å². The van der Waals surface area contributed by atoms with E-state index < -0.39 is 0 Å². The monoisotopic (exact) mass is 461 g/mol. The Bertz CT molecular complexity index is 1390. The lowest BCUT2D eigenvalue weighted by Crippen LogP contribution is -2.51. The summed E-state index contributed by atoms with van der Waals surface area (Å²) in [5.41, 5.74) is 2.31. The van der Waals surface area contributed by atoms with Gasteiger partial charge in [-0.25, -0.2) is 10.1 Å². The van der Waals surface area contributed by atoms with Crippen LogP contribution in [0.25, 0.3) is 16.4 Å². The number of carbonyl (C=O) groups is 1. The van der Waals surface area contributed by atoms with Crippen LogP contribution in [0.5, 0.6) is 0 Å². The number of fused-ring (bicyclic) bond motifs is 2. The van der Waals surface area contributed by atoms with Gasteiger partial charge in [0.25, 0.3) is 11.5 Å². The second-order valence-electron chi connectivity index (χ2n) is 8.92. The number of imidazole rings is 1. The number of nitrogens with one attached hydrogen (secondary N) is 2. The second-order valence-corrected chi connectivity index (χ2v) is 9.80. The van der Waals surface area contributed by atoms with Crippen molar-refractivity contribution in [3.05, 3.63) is 70.5 Å². The van der Waals surface area contributed by atoms with Gasteiger partial charge in [0.05, 0.1) is 17.3 Å². The van der Waals surface area contributed by atoms with Gasteiger partial charge in [0.2, 0.25) is 0 Å². The van der Waals surface area contributed by atoms with Gasteiger partial charge in [0, 0.05) is 22.5 Å². The van der Waals surface area contributed by atoms with E-state index >= 15 is 0 Å². The average molecular weight is 462 g/mol. The van der Waals surface area contributed by atoms with Gasteiger partial charge < -0.3 is 5.32 Å². The van der Waals surface area contributed by atoms with Crippen molar-refractivity contribution in [3.8, 4) is 0 Å². The average Bonchev–Trinajstić information content (AvgIpc) is 3.25. The number of amides is 1. The van der Waals surface area contributed by atoms with Gasteiger partial charge in [-0.05, 0) is 55.6 Å². The van der Waals surface area contributed by atoms with E-state index in [1.54, 1.807) is 18.0 Å². The summed E-state index contributed by atoms with van der Waals surface area (Å²) in [6.45, 7) is 2.21. The first-order chi connectivity index (χ1) is 16.0. The summed E-state index contributed by atoms with van der Waals surface area (Å²) in [6, 6.07) is 11.8. The molecule has 1 aliphatic rings. The van der Waals surface area contributed by atoms with Crippen molar-refractivity contribution < 1.29 is 4.79 Å². The number of benzene rings is 1. The van der Waals surface area contributed by atoms with E-state index in [0.29, 0.717) is 11.1 Å². The summed E-state index contributed by atoms with van der Waals surface area (Å²) < 4.78 is 1.84. The molecule has 0 radical (unpaired) electrons. The number of carbonyl (C=O) groups excluding carboxylic acids is 1. The molecule has 3 aromatic heterocycles. The molecule has 4 aromatic rings. The first-order valence-corrected chi connectivity index (χ1v) is 12.5. The van der Waals surface area contributed by atoms with Gasteiger partial charge in [-0.2, -0.15) is 5.10 Å². The van der Waals surface area contributed by atoms with Crippen molar-refractivity contribution >= 4 is 34.1 Å². The normalized spacial score (nSPS) is 20.1. The van der Waals surface area contributed by atoms with E-state index in [1.165, 1.54) is 0 Å². The standard InChI is InChI=1S/C25H27N5O2S/c1-3-25(10-8-20-18-6-4-5-7-19(18)23(31)29-28-20)13-16(14-25)27-24(32)21-15-26-22-12-17(33-2)9-11-30(21)22/h4-7,9,11-12,15-16H,3,8,10,13-14H2,1-2H3,(H,27,32)(H,29,31). The number of hydrogen-bond donors (Lipinski definition) is 2. The molecule has 2 N–H and O–H groups in total. The Hall–Kier alpha value is -3.13. The molecule has 170 valence electrons. The van der Waals surface area contributed by atoms with Crippen LogP contribution in [0.3, 0.4) is 0 Å². The second kappa shape index (κ2) is 8.67. The Morgan fingerprint density at radius 1 is 1.27 bits per heavy atom. The lowest BCUT2D eigenvalue weighted by atomic mass is 9.61. The minimum atomic E-state index is -0.150. The van der Waals surface area contributed by atoms with Gasteiger partial charge in [0.1, 0.15) is 11.3 Å². The molecule has 0 unspecified atom stereocenters. The summed E-state index contributed by atoms with van der Waals surface area (Å²) >= 11 is 1.66. The lowest BCUT2D eigenvalue weighted by molar-refractivity contribution is 0.0568. The smallest absolute Gasteiger partial charge is 0.272 e. The van der Waals surface area contributed by atoms with Crippen LogP contribution in [0.1, 0.15) is 48.8 Å². The molecule has 1 aliphatic carbocycles. The highest BCUT2D eigenvalue weighted by Crippen LogP contribution is 2.47. The van der Waals surface area contributed by atoms with Crippen molar-refractivity contribution in [2.45, 2.75) is 50.0 Å². The maximum absolute atomic E-state index is 12.9. The van der Waals surface area contributed by atoms with Crippen LogP contribution in [0.4, 0.5) is 0 Å². The van der Waals surface area contributed by atoms with Crippen molar-refractivity contribution in [1.82, 2.24) is 24.9 Å². The minimum Gasteiger partial charge on any atom is -0.348 e. The molecule has 0 aliphatic heterocycles. The maximum Gasteiger partial charge on any atom is 0.272 e. The van der Waals surface area contributed by atoms with Crippen LogP contribution in [0, 0.1) is 5.41 Å². The number of thioether (sulfide) groups is 1.